The molecule has 2 nitrogen and oxygen atoms in total. The van der Waals surface area contributed by atoms with Crippen LogP contribution in [0.4, 0.5) is 11.4 Å². The molecule has 0 fully saturated rings. The smallest absolute Gasteiger partial charge is 0.166 e. The predicted molar refractivity (Wildman–Crippen MR) is 126 cm³/mol. The van der Waals surface area contributed by atoms with E-state index in [1.807, 2.05) is 0 Å². The Morgan fingerprint density at radius 1 is 0.667 bits per heavy atom. The van der Waals surface area contributed by atoms with Crippen molar-refractivity contribution in [2.24, 2.45) is 0 Å². The Bertz CT molecular complexity index is 756. The molecule has 0 bridgehead atoms. The second-order valence-electron chi connectivity index (χ2n) is 9.68. The molecule has 1 heterocycles. The van der Waals surface area contributed by atoms with Crippen molar-refractivity contribution in [2.75, 3.05) is 11.6 Å². The topological polar surface area (TPSA) is 7.68 Å². The zero-order chi connectivity index (χ0) is 21.3. The Balaban J connectivity index is 0.00000320. The lowest BCUT2D eigenvalue weighted by atomic mass is 9.91. The highest BCUT2D eigenvalue weighted by atomic mass is 35.5. The number of nitrogens with zero attached hydrogens (tertiary/aromatic N) is 1. The Kier molecular flexibility index (Phi) is 8.19. The lowest BCUT2D eigenvalue weighted by molar-refractivity contribution is -0.768. The Morgan fingerprint density at radius 2 is 1.07 bits per heavy atom. The third kappa shape index (κ3) is 4.76. The maximum Gasteiger partial charge on any atom is 0.166 e. The number of hydrogen-bond acceptors (Lipinski definition) is 1. The van der Waals surface area contributed by atoms with Crippen LogP contribution in [0.3, 0.4) is 0 Å². The van der Waals surface area contributed by atoms with Gasteiger partial charge in [0.05, 0.1) is 11.9 Å². The van der Waals surface area contributed by atoms with E-state index in [-0.39, 0.29) is 12.4 Å². The first-order valence-corrected chi connectivity index (χ1v) is 11.3. The van der Waals surface area contributed by atoms with Gasteiger partial charge >= 0.3 is 0 Å². The van der Waals surface area contributed by atoms with Gasteiger partial charge in [0.15, 0.2) is 6.67 Å². The molecule has 0 spiro atoms. The fraction of sp³-hybridized carbons (Fsp3) is 0.481. The number of halogens is 1. The zero-order valence-electron chi connectivity index (χ0n) is 20.0. The minimum absolute atomic E-state index is 0. The molecule has 0 aliphatic carbocycles. The summed E-state index contributed by atoms with van der Waals surface area (Å²) < 4.78 is 0. The van der Waals surface area contributed by atoms with Crippen molar-refractivity contribution in [2.45, 2.75) is 79.1 Å². The molecule has 1 aliphatic rings. The zero-order valence-corrected chi connectivity index (χ0v) is 20.7. The molecule has 30 heavy (non-hydrogen) atoms. The molecule has 0 amide bonds. The van der Waals surface area contributed by atoms with Gasteiger partial charge in [-0.3, -0.25) is 9.80 Å². The van der Waals surface area contributed by atoms with Gasteiger partial charge in [-0.2, -0.15) is 0 Å². The van der Waals surface area contributed by atoms with Crippen molar-refractivity contribution in [1.29, 1.82) is 0 Å². The minimum atomic E-state index is 0. The van der Waals surface area contributed by atoms with Crippen LogP contribution in [0.2, 0.25) is 0 Å². The van der Waals surface area contributed by atoms with E-state index in [0.717, 1.165) is 6.67 Å². The van der Waals surface area contributed by atoms with Gasteiger partial charge in [-0.05, 0) is 34.8 Å². The standard InChI is InChI=1S/C27H38N2.ClH/c1-18(2)22-11-9-12-23(19(3)4)26(22)28-15-16-29(17-28)27-24(20(5)6)13-10-14-25(27)21(7)8;/h9-16,18-21H,17H2,1-8H3;1H. The highest BCUT2D eigenvalue weighted by Gasteiger charge is 2.30. The van der Waals surface area contributed by atoms with Gasteiger partial charge < -0.3 is 12.4 Å². The predicted octanol–water partition coefficient (Wildman–Crippen LogP) is 3.65. The van der Waals surface area contributed by atoms with Gasteiger partial charge in [0, 0.05) is 11.1 Å². The summed E-state index contributed by atoms with van der Waals surface area (Å²) in [6.07, 6.45) is 4.66. The van der Waals surface area contributed by atoms with Crippen LogP contribution >= 0.6 is 0 Å². The summed E-state index contributed by atoms with van der Waals surface area (Å²) in [4.78, 5) is 3.94. The second kappa shape index (κ2) is 10.0. The first kappa shape index (κ1) is 24.5. The fourth-order valence-electron chi connectivity index (χ4n) is 4.55. The Labute approximate surface area is 190 Å². The summed E-state index contributed by atoms with van der Waals surface area (Å²) in [5.74, 6) is 2.06. The quantitative estimate of drug-likeness (QED) is 0.740. The van der Waals surface area contributed by atoms with Crippen molar-refractivity contribution in [3.63, 3.8) is 0 Å². The van der Waals surface area contributed by atoms with Gasteiger partial charge in [0.2, 0.25) is 0 Å². The molecule has 1 atom stereocenters. The average Bonchev–Trinajstić information content (AvgIpc) is 3.15. The summed E-state index contributed by atoms with van der Waals surface area (Å²) in [5.41, 5.74) is 8.73. The van der Waals surface area contributed by atoms with Crippen LogP contribution in [0.1, 0.15) is 101 Å². The molecule has 0 aromatic heterocycles. The molecule has 0 saturated carbocycles. The minimum Gasteiger partial charge on any atom is -1.00 e. The lowest BCUT2D eigenvalue weighted by Gasteiger charge is -2.27. The number of hydrogen-bond donors (Lipinski definition) is 1. The van der Waals surface area contributed by atoms with E-state index in [1.54, 1.807) is 0 Å². The Hall–Kier alpha value is -1.77. The monoisotopic (exact) mass is 426 g/mol. The van der Waals surface area contributed by atoms with Gasteiger partial charge in [-0.25, -0.2) is 0 Å². The SMILES string of the molecule is CC(C)c1cccc(C(C)C)c1N1C=C[NH+](c2c(C(C)C)cccc2C(C)C)C1.[Cl-]. The van der Waals surface area contributed by atoms with E-state index in [9.17, 15) is 0 Å². The molecular formula is C27H39ClN2. The average molecular weight is 427 g/mol. The van der Waals surface area contributed by atoms with Gasteiger partial charge in [-0.15, -0.1) is 0 Å². The molecule has 0 saturated heterocycles. The second-order valence-corrected chi connectivity index (χ2v) is 9.68. The van der Waals surface area contributed by atoms with Crippen molar-refractivity contribution in [1.82, 2.24) is 0 Å². The molecule has 1 unspecified atom stereocenters. The van der Waals surface area contributed by atoms with Crippen molar-refractivity contribution >= 4 is 11.4 Å². The normalized spacial score (nSPS) is 16.3. The van der Waals surface area contributed by atoms with Gasteiger partial charge in [-0.1, -0.05) is 91.8 Å². The molecule has 1 aliphatic heterocycles. The summed E-state index contributed by atoms with van der Waals surface area (Å²) in [6, 6.07) is 13.7. The van der Waals surface area contributed by atoms with Crippen molar-refractivity contribution in [3.8, 4) is 0 Å². The summed E-state index contributed by atoms with van der Waals surface area (Å²) in [5, 5.41) is 0. The van der Waals surface area contributed by atoms with E-state index in [0.29, 0.717) is 23.7 Å². The van der Waals surface area contributed by atoms with Crippen LogP contribution in [0, 0.1) is 0 Å². The van der Waals surface area contributed by atoms with Crippen LogP contribution in [0.15, 0.2) is 48.8 Å². The maximum absolute atomic E-state index is 2.49. The number of rotatable bonds is 6. The number of quaternary nitrogens is 1. The van der Waals surface area contributed by atoms with Crippen LogP contribution < -0.4 is 22.2 Å². The highest BCUT2D eigenvalue weighted by Crippen LogP contribution is 2.36. The van der Waals surface area contributed by atoms with E-state index < -0.39 is 0 Å². The summed E-state index contributed by atoms with van der Waals surface area (Å²) >= 11 is 0. The Morgan fingerprint density at radius 3 is 1.47 bits per heavy atom. The van der Waals surface area contributed by atoms with Gasteiger partial charge in [0.1, 0.15) is 11.9 Å². The number of benzene rings is 2. The number of para-hydroxylation sites is 2. The lowest BCUT2D eigenvalue weighted by Crippen LogP contribution is -3.02. The van der Waals surface area contributed by atoms with E-state index >= 15 is 0 Å². The third-order valence-corrected chi connectivity index (χ3v) is 6.12. The van der Waals surface area contributed by atoms with E-state index in [1.165, 1.54) is 38.5 Å². The fourth-order valence-corrected chi connectivity index (χ4v) is 4.55. The molecular weight excluding hydrogens is 388 g/mol. The molecule has 1 N–H and O–H groups in total. The molecule has 2 aromatic rings. The third-order valence-electron chi connectivity index (χ3n) is 6.12. The van der Waals surface area contributed by atoms with E-state index in [4.69, 9.17) is 0 Å². The van der Waals surface area contributed by atoms with Gasteiger partial charge in [0.25, 0.3) is 0 Å². The maximum atomic E-state index is 2.49. The molecule has 0 radical (unpaired) electrons. The van der Waals surface area contributed by atoms with Crippen LogP contribution in [0.25, 0.3) is 0 Å². The van der Waals surface area contributed by atoms with Crippen molar-refractivity contribution in [3.05, 3.63) is 71.1 Å². The first-order valence-electron chi connectivity index (χ1n) is 11.3. The summed E-state index contributed by atoms with van der Waals surface area (Å²) in [6.45, 7) is 19.4. The van der Waals surface area contributed by atoms with Crippen LogP contribution in [-0.4, -0.2) is 6.67 Å². The van der Waals surface area contributed by atoms with Crippen molar-refractivity contribution < 1.29 is 17.3 Å². The first-order chi connectivity index (χ1) is 13.7. The van der Waals surface area contributed by atoms with Crippen LogP contribution in [0.5, 0.6) is 0 Å². The molecule has 2 aromatic carbocycles. The largest absolute Gasteiger partial charge is 1.00 e. The molecule has 3 rings (SSSR count). The number of nitrogens with one attached hydrogen (secondary N) is 1. The highest BCUT2D eigenvalue weighted by molar-refractivity contribution is 5.64. The number of anilines is 1. The van der Waals surface area contributed by atoms with E-state index in [2.05, 4.69) is 109 Å². The molecule has 3 heteroatoms. The molecule has 164 valence electrons. The summed E-state index contributed by atoms with van der Waals surface area (Å²) in [7, 11) is 0. The van der Waals surface area contributed by atoms with Crippen LogP contribution in [-0.2, 0) is 0 Å².